The number of amides is 2. The van der Waals surface area contributed by atoms with Gasteiger partial charge in [-0.2, -0.15) is 0 Å². The van der Waals surface area contributed by atoms with Crippen LogP contribution in [0.4, 0.5) is 9.59 Å². The number of hydrogen-bond donors (Lipinski definition) is 3. The third kappa shape index (κ3) is 11.3. The second-order valence-corrected chi connectivity index (χ2v) is 16.6. The number of hydrogen-bond acceptors (Lipinski definition) is 10. The summed E-state index contributed by atoms with van der Waals surface area (Å²) in [7, 11) is 0. The fourth-order valence-corrected chi connectivity index (χ4v) is 8.74. The number of ether oxygens (including phenoxy) is 4. The SMILES string of the molecule is C=CCCOC(=O)N(CCC)[C@H]1CC(=NOC(C)(C)C)C2=C[C@H](CCCCO)[C@@H](CCCCO)[C@@H]3c4cc(OC(=O)NCc5ccccc5)ccc4O[C@@]1(OCC=C)[C@H]23. The van der Waals surface area contributed by atoms with Gasteiger partial charge in [-0.25, -0.2) is 9.59 Å². The summed E-state index contributed by atoms with van der Waals surface area (Å²) in [6.07, 6.45) is 10.5. The van der Waals surface area contributed by atoms with Crippen LogP contribution in [0.2, 0.25) is 0 Å². The zero-order chi connectivity index (χ0) is 42.4. The summed E-state index contributed by atoms with van der Waals surface area (Å²) < 4.78 is 26.0. The highest BCUT2D eigenvalue weighted by Gasteiger charge is 2.65. The van der Waals surface area contributed by atoms with Crippen molar-refractivity contribution in [1.82, 2.24) is 10.2 Å². The molecule has 1 fully saturated rings. The van der Waals surface area contributed by atoms with E-state index >= 15 is 0 Å². The molecule has 2 aliphatic carbocycles. The smallest absolute Gasteiger partial charge is 0.412 e. The highest BCUT2D eigenvalue weighted by molar-refractivity contribution is 6.03. The van der Waals surface area contributed by atoms with Gasteiger partial charge in [0.1, 0.15) is 23.1 Å². The fourth-order valence-electron chi connectivity index (χ4n) is 8.74. The number of oxime groups is 1. The zero-order valence-corrected chi connectivity index (χ0v) is 35.4. The molecule has 12 nitrogen and oxygen atoms in total. The Morgan fingerprint density at radius 1 is 1.03 bits per heavy atom. The molecule has 3 N–H and O–H groups in total. The van der Waals surface area contributed by atoms with E-state index in [0.29, 0.717) is 56.0 Å². The van der Waals surface area contributed by atoms with Crippen molar-refractivity contribution in [2.45, 2.75) is 115 Å². The Bertz CT molecular complexity index is 1770. The van der Waals surface area contributed by atoms with Crippen LogP contribution in [-0.2, 0) is 20.9 Å². The van der Waals surface area contributed by atoms with E-state index < -0.39 is 35.5 Å². The second-order valence-electron chi connectivity index (χ2n) is 16.6. The van der Waals surface area contributed by atoms with Gasteiger partial charge in [0.15, 0.2) is 0 Å². The van der Waals surface area contributed by atoms with Crippen molar-refractivity contribution >= 4 is 17.9 Å². The van der Waals surface area contributed by atoms with E-state index in [1.54, 1.807) is 23.1 Å². The molecule has 6 atom stereocenters. The van der Waals surface area contributed by atoms with Crippen molar-refractivity contribution in [2.24, 2.45) is 22.9 Å². The molecule has 12 heteroatoms. The number of allylic oxidation sites excluding steroid dienone is 1. The van der Waals surface area contributed by atoms with Crippen LogP contribution in [0.5, 0.6) is 11.5 Å². The van der Waals surface area contributed by atoms with Gasteiger partial charge in [-0.15, -0.1) is 13.2 Å². The van der Waals surface area contributed by atoms with Gasteiger partial charge in [-0.1, -0.05) is 73.5 Å². The molecule has 2 aromatic carbocycles. The molecule has 0 radical (unpaired) electrons. The Balaban J connectivity index is 1.72. The first-order valence-corrected chi connectivity index (χ1v) is 21.3. The van der Waals surface area contributed by atoms with Gasteiger partial charge in [-0.3, -0.25) is 4.90 Å². The highest BCUT2D eigenvalue weighted by Crippen LogP contribution is 2.62. The van der Waals surface area contributed by atoms with Crippen molar-refractivity contribution in [2.75, 3.05) is 33.0 Å². The van der Waals surface area contributed by atoms with Gasteiger partial charge in [0.25, 0.3) is 0 Å². The van der Waals surface area contributed by atoms with Crippen molar-refractivity contribution < 1.29 is 43.6 Å². The van der Waals surface area contributed by atoms with Crippen molar-refractivity contribution in [3.8, 4) is 11.5 Å². The van der Waals surface area contributed by atoms with Gasteiger partial charge in [0.2, 0.25) is 5.79 Å². The molecular weight excluding hydrogens is 751 g/mol. The maximum atomic E-state index is 14.2. The first-order chi connectivity index (χ1) is 28.5. The van der Waals surface area contributed by atoms with E-state index in [1.807, 2.05) is 70.2 Å². The molecule has 2 aromatic rings. The molecule has 0 unspecified atom stereocenters. The molecular formula is C47H65N3O9. The third-order valence-corrected chi connectivity index (χ3v) is 11.2. The average Bonchev–Trinajstić information content (AvgIpc) is 3.22. The Morgan fingerprint density at radius 3 is 2.46 bits per heavy atom. The first kappa shape index (κ1) is 45.4. The van der Waals surface area contributed by atoms with Gasteiger partial charge < -0.3 is 39.3 Å². The van der Waals surface area contributed by atoms with Gasteiger partial charge in [0.05, 0.1) is 24.8 Å². The van der Waals surface area contributed by atoms with Crippen LogP contribution < -0.4 is 14.8 Å². The number of unbranched alkanes of at least 4 members (excludes halogenated alkanes) is 2. The van der Waals surface area contributed by atoms with E-state index in [-0.39, 0.29) is 50.6 Å². The number of rotatable bonds is 21. The average molecular weight is 816 g/mol. The Morgan fingerprint density at radius 2 is 1.78 bits per heavy atom. The van der Waals surface area contributed by atoms with Crippen LogP contribution >= 0.6 is 0 Å². The number of fused-ring (bicyclic) bond motifs is 2. The quantitative estimate of drug-likeness (QED) is 0.0639. The number of aliphatic hydroxyl groups excluding tert-OH is 2. The summed E-state index contributed by atoms with van der Waals surface area (Å²) in [6.45, 7) is 16.8. The van der Waals surface area contributed by atoms with E-state index in [0.717, 1.165) is 42.4 Å². The van der Waals surface area contributed by atoms with E-state index in [9.17, 15) is 19.8 Å². The van der Waals surface area contributed by atoms with Crippen LogP contribution in [0.1, 0.15) is 103 Å². The lowest BCUT2D eigenvalue weighted by molar-refractivity contribution is -0.255. The lowest BCUT2D eigenvalue weighted by Gasteiger charge is -2.60. The molecule has 1 saturated carbocycles. The lowest BCUT2D eigenvalue weighted by Crippen LogP contribution is -2.70. The molecule has 0 spiro atoms. The molecule has 1 aliphatic heterocycles. The van der Waals surface area contributed by atoms with Crippen LogP contribution in [0.15, 0.2) is 90.6 Å². The van der Waals surface area contributed by atoms with Crippen LogP contribution in [-0.4, -0.2) is 83.4 Å². The monoisotopic (exact) mass is 815 g/mol. The number of nitrogens with one attached hydrogen (secondary N) is 1. The zero-order valence-electron chi connectivity index (χ0n) is 35.4. The molecule has 3 aliphatic rings. The van der Waals surface area contributed by atoms with Gasteiger partial charge in [-0.05, 0) is 100 Å². The maximum Gasteiger partial charge on any atom is 0.412 e. The maximum absolute atomic E-state index is 14.2. The summed E-state index contributed by atoms with van der Waals surface area (Å²) in [6, 6.07) is 14.4. The highest BCUT2D eigenvalue weighted by atomic mass is 16.7. The topological polar surface area (TPSA) is 148 Å². The number of carbonyl (C=O) groups is 2. The molecule has 1 heterocycles. The van der Waals surface area contributed by atoms with E-state index in [1.165, 1.54) is 0 Å². The first-order valence-electron chi connectivity index (χ1n) is 21.3. The minimum atomic E-state index is -1.42. The third-order valence-electron chi connectivity index (χ3n) is 11.2. The Labute approximate surface area is 350 Å². The van der Waals surface area contributed by atoms with Crippen LogP contribution in [0.3, 0.4) is 0 Å². The normalized spacial score (nSPS) is 23.8. The van der Waals surface area contributed by atoms with Gasteiger partial charge >= 0.3 is 12.2 Å². The molecule has 0 bridgehead atoms. The predicted octanol–water partition coefficient (Wildman–Crippen LogP) is 8.83. The van der Waals surface area contributed by atoms with Crippen LogP contribution in [0.25, 0.3) is 0 Å². The molecule has 0 saturated heterocycles. The van der Waals surface area contributed by atoms with Crippen molar-refractivity contribution in [3.63, 3.8) is 0 Å². The van der Waals surface area contributed by atoms with E-state index in [4.69, 9.17) is 28.9 Å². The number of nitrogens with zero attached hydrogens (tertiary/aromatic N) is 2. The van der Waals surface area contributed by atoms with Crippen molar-refractivity contribution in [1.29, 1.82) is 0 Å². The molecule has 0 aromatic heterocycles. The fraction of sp³-hybridized carbons (Fsp3) is 0.553. The van der Waals surface area contributed by atoms with Gasteiger partial charge in [0, 0.05) is 44.2 Å². The molecule has 322 valence electrons. The summed E-state index contributed by atoms with van der Waals surface area (Å²) in [5.74, 6) is -1.24. The van der Waals surface area contributed by atoms with Crippen LogP contribution in [0, 0.1) is 17.8 Å². The number of benzene rings is 2. The summed E-state index contributed by atoms with van der Waals surface area (Å²) >= 11 is 0. The Hall–Kier alpha value is -4.65. The van der Waals surface area contributed by atoms with E-state index in [2.05, 4.69) is 24.6 Å². The minimum absolute atomic E-state index is 0.00760. The minimum Gasteiger partial charge on any atom is -0.459 e. The molecule has 59 heavy (non-hydrogen) atoms. The predicted molar refractivity (Wildman–Crippen MR) is 228 cm³/mol. The number of carbonyl (C=O) groups excluding carboxylic acids is 2. The Kier molecular flexibility index (Phi) is 16.6. The standard InChI is InChI=1S/C47H65N3O9/c1-7-10-28-55-45(54)50(24-8-2)41-31-39(49-59-46(4,5)6)37-29-34(20-14-16-25-51)36(21-15-17-26-52)42-38-30-35(57-44(53)48-32-33-18-12-11-13-19-33)22-23-40(38)58-47(41,43(37)42)56-27-9-3/h7,9,11-13,18-19,22-23,29-30,34,36,41-43,51-52H,1,3,8,10,14-17,20-21,24-28,31-32H2,2,4-6H3,(H,48,53)/t34-,36+,41-,42+,43+,47+/m0/s1. The lowest BCUT2D eigenvalue weighted by atomic mass is 9.55. The summed E-state index contributed by atoms with van der Waals surface area (Å²) in [4.78, 5) is 35.3. The van der Waals surface area contributed by atoms with Crippen molar-refractivity contribution in [3.05, 3.63) is 96.6 Å². The molecule has 5 rings (SSSR count). The number of aliphatic hydroxyl groups is 2. The molecule has 2 amide bonds. The summed E-state index contributed by atoms with van der Waals surface area (Å²) in [5.41, 5.74) is 2.80. The summed E-state index contributed by atoms with van der Waals surface area (Å²) in [5, 5.41) is 27.5. The second kappa shape index (κ2) is 21.6. The largest absolute Gasteiger partial charge is 0.459 e.